The minimum absolute atomic E-state index is 0.00388. The number of imidazole rings is 1. The summed E-state index contributed by atoms with van der Waals surface area (Å²) in [5.41, 5.74) is 1.50. The van der Waals surface area contributed by atoms with Crippen molar-refractivity contribution in [2.45, 2.75) is 31.2 Å². The lowest BCUT2D eigenvalue weighted by molar-refractivity contribution is 0.524. The highest BCUT2D eigenvalue weighted by Crippen LogP contribution is 2.53. The number of aryl methyl sites for hydroxylation is 1. The van der Waals surface area contributed by atoms with Crippen LogP contribution in [0.1, 0.15) is 25.1 Å². The van der Waals surface area contributed by atoms with Gasteiger partial charge in [0.1, 0.15) is 17.0 Å². The van der Waals surface area contributed by atoms with E-state index >= 15 is 0 Å². The van der Waals surface area contributed by atoms with Gasteiger partial charge in [-0.25, -0.2) is 23.7 Å². The molecule has 4 nitrogen and oxygen atoms in total. The summed E-state index contributed by atoms with van der Waals surface area (Å²) < 4.78 is 30.7. The second-order valence-electron chi connectivity index (χ2n) is 6.25. The molecule has 0 atom stereocenters. The third-order valence-electron chi connectivity index (χ3n) is 4.89. The summed E-state index contributed by atoms with van der Waals surface area (Å²) >= 11 is 5.75. The minimum Gasteiger partial charge on any atom is -0.322 e. The van der Waals surface area contributed by atoms with Gasteiger partial charge in [0.25, 0.3) is 0 Å². The van der Waals surface area contributed by atoms with Crippen LogP contribution in [0.25, 0.3) is 22.3 Å². The highest BCUT2D eigenvalue weighted by atomic mass is 35.5. The Labute approximate surface area is 135 Å². The van der Waals surface area contributed by atoms with Crippen LogP contribution in [-0.4, -0.2) is 19.5 Å². The number of halogens is 3. The Hall–Kier alpha value is -2.08. The van der Waals surface area contributed by atoms with Crippen molar-refractivity contribution < 1.29 is 8.78 Å². The summed E-state index contributed by atoms with van der Waals surface area (Å²) in [5.74, 6) is -0.186. The molecular formula is C16H11ClF2N4. The van der Waals surface area contributed by atoms with Crippen LogP contribution in [0.15, 0.2) is 18.3 Å². The molecule has 5 rings (SSSR count). The van der Waals surface area contributed by atoms with E-state index in [2.05, 4.69) is 19.5 Å². The molecule has 1 fully saturated rings. The van der Waals surface area contributed by atoms with Crippen LogP contribution in [0.3, 0.4) is 0 Å². The summed E-state index contributed by atoms with van der Waals surface area (Å²) in [5, 5.41) is -0.0703. The molecule has 1 spiro atoms. The predicted molar refractivity (Wildman–Crippen MR) is 81.2 cm³/mol. The number of aromatic nitrogens is 4. The first kappa shape index (κ1) is 13.4. The molecule has 1 aliphatic carbocycles. The molecule has 0 unspecified atom stereocenters. The van der Waals surface area contributed by atoms with Gasteiger partial charge in [0.05, 0.1) is 11.7 Å². The minimum atomic E-state index is -0.629. The molecule has 1 saturated carbocycles. The molecule has 2 aliphatic rings. The van der Waals surface area contributed by atoms with E-state index in [1.165, 1.54) is 6.07 Å². The highest BCUT2D eigenvalue weighted by Gasteiger charge is 2.50. The van der Waals surface area contributed by atoms with Crippen molar-refractivity contribution in [3.8, 4) is 11.3 Å². The first-order valence-corrected chi connectivity index (χ1v) is 7.85. The Morgan fingerprint density at radius 3 is 2.70 bits per heavy atom. The lowest BCUT2D eigenvalue weighted by Gasteiger charge is -2.12. The molecule has 23 heavy (non-hydrogen) atoms. The molecular weight excluding hydrogens is 322 g/mol. The second kappa shape index (κ2) is 4.26. The van der Waals surface area contributed by atoms with Crippen LogP contribution in [0.5, 0.6) is 0 Å². The van der Waals surface area contributed by atoms with Gasteiger partial charge in [0.15, 0.2) is 11.6 Å². The summed E-state index contributed by atoms with van der Waals surface area (Å²) in [6.07, 6.45) is 5.08. The van der Waals surface area contributed by atoms with Gasteiger partial charge in [0.2, 0.25) is 5.28 Å². The standard InChI is InChI=1S/C16H11ClF2N4/c17-15-20-7-10(19)13(22-15)8-5-9(18)14-11(6-8)23-12(21-14)1-2-16(23)3-4-16/h5-7H,1-4H2. The van der Waals surface area contributed by atoms with Gasteiger partial charge in [-0.15, -0.1) is 0 Å². The average molecular weight is 333 g/mol. The van der Waals surface area contributed by atoms with Crippen LogP contribution in [-0.2, 0) is 12.0 Å². The van der Waals surface area contributed by atoms with E-state index in [4.69, 9.17) is 11.6 Å². The quantitative estimate of drug-likeness (QED) is 0.636. The van der Waals surface area contributed by atoms with Crippen LogP contribution in [0.4, 0.5) is 8.78 Å². The first-order chi connectivity index (χ1) is 11.1. The fraction of sp³-hybridized carbons (Fsp3) is 0.312. The van der Waals surface area contributed by atoms with E-state index in [1.54, 1.807) is 6.07 Å². The third kappa shape index (κ3) is 1.78. The first-order valence-electron chi connectivity index (χ1n) is 7.47. The van der Waals surface area contributed by atoms with Crippen molar-refractivity contribution >= 4 is 22.6 Å². The van der Waals surface area contributed by atoms with Crippen molar-refractivity contribution in [1.82, 2.24) is 19.5 Å². The molecule has 0 saturated heterocycles. The number of rotatable bonds is 1. The molecule has 0 amide bonds. The van der Waals surface area contributed by atoms with Gasteiger partial charge >= 0.3 is 0 Å². The van der Waals surface area contributed by atoms with E-state index in [0.717, 1.165) is 37.7 Å². The van der Waals surface area contributed by atoms with Gasteiger partial charge in [-0.05, 0) is 43.0 Å². The molecule has 3 aromatic rings. The largest absolute Gasteiger partial charge is 0.322 e. The Morgan fingerprint density at radius 1 is 1.09 bits per heavy atom. The normalized spacial score (nSPS) is 17.9. The van der Waals surface area contributed by atoms with Crippen LogP contribution < -0.4 is 0 Å². The Bertz CT molecular complexity index is 978. The van der Waals surface area contributed by atoms with E-state index < -0.39 is 11.6 Å². The maximum atomic E-state index is 14.5. The van der Waals surface area contributed by atoms with Gasteiger partial charge in [0, 0.05) is 17.5 Å². The number of hydrogen-bond donors (Lipinski definition) is 0. The molecule has 0 N–H and O–H groups in total. The smallest absolute Gasteiger partial charge is 0.223 e. The van der Waals surface area contributed by atoms with Crippen molar-refractivity contribution in [3.05, 3.63) is 41.1 Å². The van der Waals surface area contributed by atoms with Gasteiger partial charge < -0.3 is 4.57 Å². The molecule has 1 aliphatic heterocycles. The Kier molecular flexibility index (Phi) is 2.48. The summed E-state index contributed by atoms with van der Waals surface area (Å²) in [6.45, 7) is 0. The zero-order chi connectivity index (χ0) is 15.8. The molecule has 1 aromatic carbocycles. The lowest BCUT2D eigenvalue weighted by Crippen LogP contribution is -2.10. The zero-order valence-corrected chi connectivity index (χ0v) is 12.7. The Morgan fingerprint density at radius 2 is 1.91 bits per heavy atom. The lowest BCUT2D eigenvalue weighted by atomic mass is 10.1. The molecule has 116 valence electrons. The fourth-order valence-corrected chi connectivity index (χ4v) is 3.77. The molecule has 7 heteroatoms. The summed E-state index contributed by atoms with van der Waals surface area (Å²) in [6, 6.07) is 3.01. The summed E-state index contributed by atoms with van der Waals surface area (Å²) in [4.78, 5) is 11.9. The highest BCUT2D eigenvalue weighted by molar-refractivity contribution is 6.28. The van der Waals surface area contributed by atoms with Crippen molar-refractivity contribution in [2.75, 3.05) is 0 Å². The average Bonchev–Trinajstić information content (AvgIpc) is 3.07. The molecule has 2 aromatic heterocycles. The van der Waals surface area contributed by atoms with Gasteiger partial charge in [-0.1, -0.05) is 0 Å². The maximum Gasteiger partial charge on any atom is 0.223 e. The maximum absolute atomic E-state index is 14.5. The number of fused-ring (bicyclic) bond motifs is 4. The SMILES string of the molecule is Fc1cnc(Cl)nc1-c1cc(F)c2nc3n(c2c1)C1(CC3)CC1. The van der Waals surface area contributed by atoms with E-state index in [0.29, 0.717) is 16.6 Å². The van der Waals surface area contributed by atoms with Crippen molar-refractivity contribution in [1.29, 1.82) is 0 Å². The molecule has 0 radical (unpaired) electrons. The monoisotopic (exact) mass is 332 g/mol. The molecule has 0 bridgehead atoms. The van der Waals surface area contributed by atoms with Crippen molar-refractivity contribution in [3.63, 3.8) is 0 Å². The van der Waals surface area contributed by atoms with E-state index in [-0.39, 0.29) is 16.5 Å². The predicted octanol–water partition coefficient (Wildman–Crippen LogP) is 3.86. The van der Waals surface area contributed by atoms with Crippen molar-refractivity contribution in [2.24, 2.45) is 0 Å². The van der Waals surface area contributed by atoms with Crippen LogP contribution in [0.2, 0.25) is 5.28 Å². The van der Waals surface area contributed by atoms with E-state index in [1.807, 2.05) is 0 Å². The number of hydrogen-bond acceptors (Lipinski definition) is 3. The number of nitrogens with zero attached hydrogens (tertiary/aromatic N) is 4. The molecule has 3 heterocycles. The van der Waals surface area contributed by atoms with Crippen LogP contribution >= 0.6 is 11.6 Å². The topological polar surface area (TPSA) is 43.6 Å². The van der Waals surface area contributed by atoms with Crippen LogP contribution in [0, 0.1) is 11.6 Å². The Balaban J connectivity index is 1.80. The van der Waals surface area contributed by atoms with Gasteiger partial charge in [-0.3, -0.25) is 0 Å². The number of benzene rings is 1. The summed E-state index contributed by atoms with van der Waals surface area (Å²) in [7, 11) is 0. The van der Waals surface area contributed by atoms with E-state index in [9.17, 15) is 8.78 Å². The third-order valence-corrected chi connectivity index (χ3v) is 5.07. The fourth-order valence-electron chi connectivity index (χ4n) is 3.64. The zero-order valence-electron chi connectivity index (χ0n) is 12.0. The second-order valence-corrected chi connectivity index (χ2v) is 6.59. The van der Waals surface area contributed by atoms with Gasteiger partial charge in [-0.2, -0.15) is 0 Å².